The second-order valence-electron chi connectivity index (χ2n) is 5.97. The van der Waals surface area contributed by atoms with Crippen LogP contribution in [0.5, 0.6) is 0 Å². The molecule has 0 aliphatic carbocycles. The fourth-order valence-electron chi connectivity index (χ4n) is 3.11. The van der Waals surface area contributed by atoms with E-state index in [4.69, 9.17) is 4.74 Å². The Morgan fingerprint density at radius 2 is 2.05 bits per heavy atom. The molecule has 4 nitrogen and oxygen atoms in total. The van der Waals surface area contributed by atoms with Crippen molar-refractivity contribution in [2.45, 2.75) is 37.8 Å². The Morgan fingerprint density at radius 1 is 1.32 bits per heavy atom. The second kappa shape index (κ2) is 5.47. The number of pyridine rings is 1. The predicted molar refractivity (Wildman–Crippen MR) is 76.4 cm³/mol. The average Bonchev–Trinajstić information content (AvgIpc) is 2.87. The van der Waals surface area contributed by atoms with Gasteiger partial charge in [-0.3, -0.25) is 4.98 Å². The number of piperidine rings is 1. The third kappa shape index (κ3) is 3.07. The SMILES string of the molecule is CC1(NC2CCN(c3ccncc3)CC2)CCOC1. The normalized spacial score (nSPS) is 28.8. The highest BCUT2D eigenvalue weighted by Crippen LogP contribution is 2.23. The van der Waals surface area contributed by atoms with E-state index >= 15 is 0 Å². The topological polar surface area (TPSA) is 37.4 Å². The molecular formula is C15H23N3O. The van der Waals surface area contributed by atoms with E-state index in [9.17, 15) is 0 Å². The molecule has 2 saturated heterocycles. The summed E-state index contributed by atoms with van der Waals surface area (Å²) in [6, 6.07) is 4.82. The minimum Gasteiger partial charge on any atom is -0.379 e. The minimum absolute atomic E-state index is 0.198. The molecule has 0 radical (unpaired) electrons. The highest BCUT2D eigenvalue weighted by molar-refractivity contribution is 5.44. The molecule has 1 N–H and O–H groups in total. The maximum absolute atomic E-state index is 5.51. The molecule has 104 valence electrons. The number of nitrogens with zero attached hydrogens (tertiary/aromatic N) is 2. The van der Waals surface area contributed by atoms with Crippen molar-refractivity contribution in [3.8, 4) is 0 Å². The van der Waals surface area contributed by atoms with Crippen molar-refractivity contribution >= 4 is 5.69 Å². The zero-order chi connectivity index (χ0) is 13.1. The monoisotopic (exact) mass is 261 g/mol. The quantitative estimate of drug-likeness (QED) is 0.900. The van der Waals surface area contributed by atoms with Crippen LogP contribution < -0.4 is 10.2 Å². The minimum atomic E-state index is 0.198. The van der Waals surface area contributed by atoms with E-state index in [1.165, 1.54) is 18.5 Å². The number of rotatable bonds is 3. The van der Waals surface area contributed by atoms with Crippen LogP contribution >= 0.6 is 0 Å². The van der Waals surface area contributed by atoms with Crippen molar-refractivity contribution in [3.05, 3.63) is 24.5 Å². The lowest BCUT2D eigenvalue weighted by molar-refractivity contribution is 0.163. The lowest BCUT2D eigenvalue weighted by Crippen LogP contribution is -2.52. The standard InChI is InChI=1S/C15H23N3O/c1-15(6-11-19-12-15)17-13-4-9-18(10-5-13)14-2-7-16-8-3-14/h2-3,7-8,13,17H,4-6,9-12H2,1H3. The molecule has 1 unspecified atom stereocenters. The van der Waals surface area contributed by atoms with Gasteiger partial charge >= 0.3 is 0 Å². The van der Waals surface area contributed by atoms with Crippen LogP contribution in [0.3, 0.4) is 0 Å². The Labute approximate surface area is 115 Å². The summed E-state index contributed by atoms with van der Waals surface area (Å²) in [7, 11) is 0. The number of ether oxygens (including phenoxy) is 1. The first-order valence-electron chi connectivity index (χ1n) is 7.26. The van der Waals surface area contributed by atoms with E-state index in [2.05, 4.69) is 34.3 Å². The zero-order valence-corrected chi connectivity index (χ0v) is 11.6. The molecule has 1 atom stereocenters. The summed E-state index contributed by atoms with van der Waals surface area (Å²) >= 11 is 0. The molecule has 2 fully saturated rings. The molecule has 3 heterocycles. The van der Waals surface area contributed by atoms with Crippen LogP contribution in [-0.2, 0) is 4.74 Å². The van der Waals surface area contributed by atoms with Crippen LogP contribution in [-0.4, -0.2) is 42.9 Å². The van der Waals surface area contributed by atoms with Crippen LogP contribution in [0, 0.1) is 0 Å². The van der Waals surface area contributed by atoms with Crippen molar-refractivity contribution in [1.29, 1.82) is 0 Å². The van der Waals surface area contributed by atoms with E-state index in [0.717, 1.165) is 32.7 Å². The number of aromatic nitrogens is 1. The Balaban J connectivity index is 1.52. The Morgan fingerprint density at radius 3 is 2.68 bits per heavy atom. The number of hydrogen-bond donors (Lipinski definition) is 1. The van der Waals surface area contributed by atoms with E-state index < -0.39 is 0 Å². The van der Waals surface area contributed by atoms with Gasteiger partial charge in [0.2, 0.25) is 0 Å². The van der Waals surface area contributed by atoms with Crippen LogP contribution in [0.2, 0.25) is 0 Å². The molecule has 1 aromatic heterocycles. The predicted octanol–water partition coefficient (Wildman–Crippen LogP) is 1.82. The van der Waals surface area contributed by atoms with Crippen LogP contribution in [0.25, 0.3) is 0 Å². The fraction of sp³-hybridized carbons (Fsp3) is 0.667. The zero-order valence-electron chi connectivity index (χ0n) is 11.6. The molecule has 0 saturated carbocycles. The van der Waals surface area contributed by atoms with E-state index in [-0.39, 0.29) is 5.54 Å². The number of nitrogens with one attached hydrogen (secondary N) is 1. The first-order chi connectivity index (χ1) is 9.25. The Hall–Kier alpha value is -1.13. The maximum atomic E-state index is 5.51. The lowest BCUT2D eigenvalue weighted by Gasteiger charge is -2.37. The molecule has 19 heavy (non-hydrogen) atoms. The van der Waals surface area contributed by atoms with Crippen molar-refractivity contribution in [2.75, 3.05) is 31.2 Å². The van der Waals surface area contributed by atoms with Gasteiger partial charge in [0.25, 0.3) is 0 Å². The maximum Gasteiger partial charge on any atom is 0.0646 e. The van der Waals surface area contributed by atoms with Crippen LogP contribution in [0.15, 0.2) is 24.5 Å². The van der Waals surface area contributed by atoms with Crippen LogP contribution in [0.1, 0.15) is 26.2 Å². The highest BCUT2D eigenvalue weighted by Gasteiger charge is 2.32. The molecule has 1 aromatic rings. The van der Waals surface area contributed by atoms with Crippen molar-refractivity contribution in [2.24, 2.45) is 0 Å². The third-order valence-electron chi connectivity index (χ3n) is 4.29. The van der Waals surface area contributed by atoms with Crippen molar-refractivity contribution < 1.29 is 4.74 Å². The lowest BCUT2D eigenvalue weighted by atomic mass is 9.96. The van der Waals surface area contributed by atoms with Crippen LogP contribution in [0.4, 0.5) is 5.69 Å². The molecule has 2 aliphatic rings. The fourth-order valence-corrected chi connectivity index (χ4v) is 3.11. The molecule has 3 rings (SSSR count). The van der Waals surface area contributed by atoms with Crippen molar-refractivity contribution in [1.82, 2.24) is 10.3 Å². The number of anilines is 1. The summed E-state index contributed by atoms with van der Waals surface area (Å²) in [5.41, 5.74) is 1.49. The third-order valence-corrected chi connectivity index (χ3v) is 4.29. The molecule has 0 amide bonds. The van der Waals surface area contributed by atoms with E-state index in [1.807, 2.05) is 12.4 Å². The van der Waals surface area contributed by atoms with Gasteiger partial charge in [0, 0.05) is 49.4 Å². The first-order valence-corrected chi connectivity index (χ1v) is 7.26. The van der Waals surface area contributed by atoms with Gasteiger partial charge in [-0.25, -0.2) is 0 Å². The van der Waals surface area contributed by atoms with Gasteiger partial charge in [-0.15, -0.1) is 0 Å². The van der Waals surface area contributed by atoms with Gasteiger partial charge in [0.15, 0.2) is 0 Å². The first kappa shape index (κ1) is 12.9. The molecule has 2 aliphatic heterocycles. The summed E-state index contributed by atoms with van der Waals surface area (Å²) < 4.78 is 5.51. The Bertz CT molecular complexity index is 395. The second-order valence-corrected chi connectivity index (χ2v) is 5.97. The molecule has 0 bridgehead atoms. The van der Waals surface area contributed by atoms with Gasteiger partial charge in [0.1, 0.15) is 0 Å². The average molecular weight is 261 g/mol. The Kier molecular flexibility index (Phi) is 3.71. The molecule has 0 spiro atoms. The van der Waals surface area contributed by atoms with E-state index in [0.29, 0.717) is 6.04 Å². The van der Waals surface area contributed by atoms with Gasteiger partial charge < -0.3 is 15.0 Å². The van der Waals surface area contributed by atoms with Gasteiger partial charge in [-0.2, -0.15) is 0 Å². The molecule has 4 heteroatoms. The summed E-state index contributed by atoms with van der Waals surface area (Å²) in [4.78, 5) is 6.53. The smallest absolute Gasteiger partial charge is 0.0646 e. The van der Waals surface area contributed by atoms with Gasteiger partial charge in [0.05, 0.1) is 6.61 Å². The van der Waals surface area contributed by atoms with Crippen molar-refractivity contribution in [3.63, 3.8) is 0 Å². The van der Waals surface area contributed by atoms with Gasteiger partial charge in [-0.05, 0) is 38.3 Å². The highest BCUT2D eigenvalue weighted by atomic mass is 16.5. The largest absolute Gasteiger partial charge is 0.379 e. The summed E-state index contributed by atoms with van der Waals surface area (Å²) in [5, 5.41) is 3.80. The molecular weight excluding hydrogens is 238 g/mol. The summed E-state index contributed by atoms with van der Waals surface area (Å²) in [6.45, 7) is 6.30. The summed E-state index contributed by atoms with van der Waals surface area (Å²) in [5.74, 6) is 0. The van der Waals surface area contributed by atoms with Gasteiger partial charge in [-0.1, -0.05) is 0 Å². The summed E-state index contributed by atoms with van der Waals surface area (Å²) in [6.07, 6.45) is 7.29. The molecule has 0 aromatic carbocycles. The number of hydrogen-bond acceptors (Lipinski definition) is 4. The van der Waals surface area contributed by atoms with E-state index in [1.54, 1.807) is 0 Å².